The first-order valence-electron chi connectivity index (χ1n) is 6.60. The summed E-state index contributed by atoms with van der Waals surface area (Å²) in [6.07, 6.45) is 8.08. The molecule has 2 aliphatic rings. The van der Waals surface area contributed by atoms with Crippen LogP contribution < -0.4 is 0 Å². The Hall–Kier alpha value is -0.590. The van der Waals surface area contributed by atoms with Gasteiger partial charge in [-0.3, -0.25) is 4.90 Å². The van der Waals surface area contributed by atoms with E-state index in [1.807, 2.05) is 0 Å². The van der Waals surface area contributed by atoms with Gasteiger partial charge in [0.05, 0.1) is 12.2 Å². The van der Waals surface area contributed by atoms with Gasteiger partial charge in [-0.2, -0.15) is 5.26 Å². The number of likely N-dealkylation sites (tertiary alicyclic amines) is 1. The van der Waals surface area contributed by atoms with Crippen molar-refractivity contribution in [2.45, 2.75) is 57.1 Å². The number of nitrogens with zero attached hydrogens (tertiary/aromatic N) is 2. The number of aliphatic hydroxyl groups excluding tert-OH is 1. The molecule has 0 aromatic rings. The van der Waals surface area contributed by atoms with Gasteiger partial charge in [-0.25, -0.2) is 0 Å². The van der Waals surface area contributed by atoms with E-state index in [2.05, 4.69) is 11.0 Å². The van der Waals surface area contributed by atoms with Gasteiger partial charge in [0.25, 0.3) is 0 Å². The molecular weight excluding hydrogens is 200 g/mol. The van der Waals surface area contributed by atoms with Crippen molar-refractivity contribution in [2.75, 3.05) is 13.1 Å². The Balaban J connectivity index is 1.91. The molecule has 2 rings (SSSR count). The molecule has 1 saturated carbocycles. The lowest BCUT2D eigenvalue weighted by Gasteiger charge is -2.33. The molecule has 90 valence electrons. The molecule has 1 aliphatic carbocycles. The van der Waals surface area contributed by atoms with Crippen molar-refractivity contribution in [3.63, 3.8) is 0 Å². The van der Waals surface area contributed by atoms with Crippen molar-refractivity contribution in [1.82, 2.24) is 4.90 Å². The van der Waals surface area contributed by atoms with Gasteiger partial charge in [0.1, 0.15) is 0 Å². The quantitative estimate of drug-likeness (QED) is 0.793. The molecular formula is C13H22N2O. The van der Waals surface area contributed by atoms with E-state index in [9.17, 15) is 5.11 Å². The van der Waals surface area contributed by atoms with Crippen LogP contribution in [0.1, 0.15) is 44.9 Å². The lowest BCUT2D eigenvalue weighted by Crippen LogP contribution is -2.37. The SMILES string of the molecule is N#CCCN1C[C@@H](O)C[C@H]1C1CCCCC1. The van der Waals surface area contributed by atoms with Gasteiger partial charge in [-0.15, -0.1) is 0 Å². The van der Waals surface area contributed by atoms with Gasteiger partial charge in [-0.05, 0) is 25.2 Å². The lowest BCUT2D eigenvalue weighted by molar-refractivity contribution is 0.156. The molecule has 16 heavy (non-hydrogen) atoms. The third-order valence-electron chi connectivity index (χ3n) is 4.13. The summed E-state index contributed by atoms with van der Waals surface area (Å²) in [4.78, 5) is 2.35. The van der Waals surface area contributed by atoms with Crippen molar-refractivity contribution >= 4 is 0 Å². The second-order valence-corrected chi connectivity index (χ2v) is 5.26. The van der Waals surface area contributed by atoms with Crippen LogP contribution >= 0.6 is 0 Å². The Morgan fingerprint density at radius 2 is 2.00 bits per heavy atom. The van der Waals surface area contributed by atoms with E-state index in [0.29, 0.717) is 12.5 Å². The number of β-amino-alcohol motifs (C(OH)–C–C–N with tert-alkyl or cyclic N) is 1. The second-order valence-electron chi connectivity index (χ2n) is 5.26. The smallest absolute Gasteiger partial charge is 0.0682 e. The number of nitriles is 1. The van der Waals surface area contributed by atoms with Gasteiger partial charge in [0.2, 0.25) is 0 Å². The first-order valence-corrected chi connectivity index (χ1v) is 6.60. The van der Waals surface area contributed by atoms with Crippen molar-refractivity contribution in [3.05, 3.63) is 0 Å². The highest BCUT2D eigenvalue weighted by atomic mass is 16.3. The maximum absolute atomic E-state index is 9.78. The summed E-state index contributed by atoms with van der Waals surface area (Å²) in [5, 5.41) is 18.4. The van der Waals surface area contributed by atoms with Crippen LogP contribution in [0.2, 0.25) is 0 Å². The minimum atomic E-state index is -0.161. The molecule has 2 fully saturated rings. The van der Waals surface area contributed by atoms with Crippen molar-refractivity contribution < 1.29 is 5.11 Å². The summed E-state index contributed by atoms with van der Waals surface area (Å²) >= 11 is 0. The Morgan fingerprint density at radius 1 is 1.25 bits per heavy atom. The van der Waals surface area contributed by atoms with Crippen LogP contribution in [0.4, 0.5) is 0 Å². The van der Waals surface area contributed by atoms with Crippen LogP contribution in [0.25, 0.3) is 0 Å². The molecule has 0 spiro atoms. The minimum absolute atomic E-state index is 0.161. The van der Waals surface area contributed by atoms with E-state index in [1.54, 1.807) is 0 Å². The van der Waals surface area contributed by atoms with Crippen LogP contribution in [0.5, 0.6) is 0 Å². The summed E-state index contributed by atoms with van der Waals surface area (Å²) in [5.74, 6) is 0.768. The zero-order valence-corrected chi connectivity index (χ0v) is 9.94. The Labute approximate surface area is 98.1 Å². The molecule has 1 N–H and O–H groups in total. The second kappa shape index (κ2) is 5.65. The number of hydrogen-bond acceptors (Lipinski definition) is 3. The van der Waals surface area contributed by atoms with Crippen molar-refractivity contribution in [1.29, 1.82) is 5.26 Å². The maximum atomic E-state index is 9.78. The number of aliphatic hydroxyl groups is 1. The van der Waals surface area contributed by atoms with Crippen molar-refractivity contribution in [3.8, 4) is 6.07 Å². The average molecular weight is 222 g/mol. The van der Waals surface area contributed by atoms with Crippen molar-refractivity contribution in [2.24, 2.45) is 5.92 Å². The minimum Gasteiger partial charge on any atom is -0.392 e. The van der Waals surface area contributed by atoms with Crippen LogP contribution in [0, 0.1) is 17.2 Å². The number of hydrogen-bond donors (Lipinski definition) is 1. The summed E-state index contributed by atoms with van der Waals surface area (Å²) < 4.78 is 0. The van der Waals surface area contributed by atoms with Gasteiger partial charge >= 0.3 is 0 Å². The molecule has 3 heteroatoms. The van der Waals surface area contributed by atoms with E-state index in [-0.39, 0.29) is 6.10 Å². The average Bonchev–Trinajstić information content (AvgIpc) is 2.69. The van der Waals surface area contributed by atoms with Crippen LogP contribution in [-0.4, -0.2) is 35.2 Å². The fraction of sp³-hybridized carbons (Fsp3) is 0.923. The van der Waals surface area contributed by atoms with Crippen LogP contribution in [-0.2, 0) is 0 Å². The van der Waals surface area contributed by atoms with E-state index >= 15 is 0 Å². The van der Waals surface area contributed by atoms with E-state index in [1.165, 1.54) is 32.1 Å². The van der Waals surface area contributed by atoms with E-state index in [0.717, 1.165) is 25.4 Å². The van der Waals surface area contributed by atoms with Gasteiger partial charge in [0.15, 0.2) is 0 Å². The Kier molecular flexibility index (Phi) is 4.20. The third kappa shape index (κ3) is 2.75. The standard InChI is InChI=1S/C13H22N2O/c14-7-4-8-15-10-12(16)9-13(15)11-5-2-1-3-6-11/h11-13,16H,1-6,8-10H2/t12-,13-/m0/s1. The maximum Gasteiger partial charge on any atom is 0.0682 e. The number of rotatable bonds is 3. The zero-order valence-electron chi connectivity index (χ0n) is 9.94. The molecule has 2 atom stereocenters. The Morgan fingerprint density at radius 3 is 2.69 bits per heavy atom. The van der Waals surface area contributed by atoms with Gasteiger partial charge in [0, 0.05) is 25.6 Å². The predicted octanol–water partition coefficient (Wildman–Crippen LogP) is 1.92. The highest BCUT2D eigenvalue weighted by Crippen LogP contribution is 2.34. The van der Waals surface area contributed by atoms with Crippen LogP contribution in [0.15, 0.2) is 0 Å². The molecule has 1 aliphatic heterocycles. The summed E-state index contributed by atoms with van der Waals surface area (Å²) in [6.45, 7) is 1.62. The molecule has 0 aromatic heterocycles. The highest BCUT2D eigenvalue weighted by Gasteiger charge is 2.36. The Bertz CT molecular complexity index is 255. The summed E-state index contributed by atoms with van der Waals surface area (Å²) in [6, 6.07) is 2.75. The van der Waals surface area contributed by atoms with E-state index in [4.69, 9.17) is 5.26 Å². The first kappa shape index (κ1) is 11.9. The summed E-state index contributed by atoms with van der Waals surface area (Å²) in [5.41, 5.74) is 0. The summed E-state index contributed by atoms with van der Waals surface area (Å²) in [7, 11) is 0. The molecule has 0 aromatic carbocycles. The largest absolute Gasteiger partial charge is 0.392 e. The molecule has 1 heterocycles. The highest BCUT2D eigenvalue weighted by molar-refractivity contribution is 4.91. The van der Waals surface area contributed by atoms with E-state index < -0.39 is 0 Å². The third-order valence-corrected chi connectivity index (χ3v) is 4.13. The molecule has 0 bridgehead atoms. The predicted molar refractivity (Wildman–Crippen MR) is 62.8 cm³/mol. The van der Waals surface area contributed by atoms with Gasteiger partial charge < -0.3 is 5.11 Å². The molecule has 0 amide bonds. The fourth-order valence-electron chi connectivity index (χ4n) is 3.37. The zero-order chi connectivity index (χ0) is 11.4. The topological polar surface area (TPSA) is 47.3 Å². The monoisotopic (exact) mass is 222 g/mol. The first-order chi connectivity index (χ1) is 7.81. The molecule has 0 unspecified atom stereocenters. The molecule has 3 nitrogen and oxygen atoms in total. The van der Waals surface area contributed by atoms with Gasteiger partial charge in [-0.1, -0.05) is 19.3 Å². The fourth-order valence-corrected chi connectivity index (χ4v) is 3.37. The lowest BCUT2D eigenvalue weighted by atomic mass is 9.83. The molecule has 0 radical (unpaired) electrons. The molecule has 1 saturated heterocycles. The normalized spacial score (nSPS) is 32.8. The van der Waals surface area contributed by atoms with Crippen LogP contribution in [0.3, 0.4) is 0 Å².